The molecule has 0 aromatic rings. The highest BCUT2D eigenvalue weighted by atomic mass is 16.5. The number of rotatable bonds is 7. The lowest BCUT2D eigenvalue weighted by Gasteiger charge is -2.27. The molecule has 2 rings (SSSR count). The third-order valence-electron chi connectivity index (χ3n) is 3.97. The van der Waals surface area contributed by atoms with E-state index in [0.717, 1.165) is 26.1 Å². The third kappa shape index (κ3) is 2.88. The Labute approximate surface area is 104 Å². The van der Waals surface area contributed by atoms with Crippen molar-refractivity contribution in [2.45, 2.75) is 30.9 Å². The molecule has 2 heterocycles. The first-order chi connectivity index (χ1) is 8.30. The van der Waals surface area contributed by atoms with E-state index >= 15 is 0 Å². The first-order valence-corrected chi connectivity index (χ1v) is 6.62. The van der Waals surface area contributed by atoms with Crippen molar-refractivity contribution in [1.82, 2.24) is 10.2 Å². The maximum absolute atomic E-state index is 8.63. The van der Waals surface area contributed by atoms with Crippen LogP contribution in [0.4, 0.5) is 0 Å². The van der Waals surface area contributed by atoms with Crippen LogP contribution in [-0.2, 0) is 4.74 Å². The van der Waals surface area contributed by atoms with Gasteiger partial charge < -0.3 is 15.2 Å². The lowest BCUT2D eigenvalue weighted by molar-refractivity contribution is 0.0597. The number of nitrogens with one attached hydrogen (secondary N) is 1. The summed E-state index contributed by atoms with van der Waals surface area (Å²) in [6.45, 7) is 8.62. The Kier molecular flexibility index (Phi) is 4.56. The van der Waals surface area contributed by atoms with E-state index < -0.39 is 0 Å². The van der Waals surface area contributed by atoms with E-state index in [0.29, 0.717) is 12.6 Å². The summed E-state index contributed by atoms with van der Waals surface area (Å²) in [5.74, 6) is 0. The number of hydrogen-bond donors (Lipinski definition) is 2. The summed E-state index contributed by atoms with van der Waals surface area (Å²) in [6.07, 6.45) is 6.09. The number of hydrogen-bond acceptors (Lipinski definition) is 4. The second-order valence-electron chi connectivity index (χ2n) is 5.03. The topological polar surface area (TPSA) is 44.7 Å². The second-order valence-corrected chi connectivity index (χ2v) is 5.03. The van der Waals surface area contributed by atoms with Crippen LogP contribution < -0.4 is 5.32 Å². The molecule has 2 unspecified atom stereocenters. The van der Waals surface area contributed by atoms with Crippen LogP contribution in [0.1, 0.15) is 19.3 Å². The van der Waals surface area contributed by atoms with Crippen molar-refractivity contribution < 1.29 is 9.84 Å². The lowest BCUT2D eigenvalue weighted by Crippen LogP contribution is -2.35. The van der Waals surface area contributed by atoms with Gasteiger partial charge in [-0.15, -0.1) is 6.58 Å². The number of nitrogens with zero attached hydrogens (tertiary/aromatic N) is 1. The predicted molar refractivity (Wildman–Crippen MR) is 68.0 cm³/mol. The molecule has 2 aliphatic heterocycles. The normalized spacial score (nSPS) is 32.9. The fourth-order valence-corrected chi connectivity index (χ4v) is 3.09. The molecule has 98 valence electrons. The standard InChI is InChI=1S/C13H24N2O2/c1-2-13-4-3-7-15(13)11-12(10-13)17-9-6-14-5-8-16/h2,12,14,16H,1,3-11H2. The molecule has 0 saturated carbocycles. The molecule has 0 amide bonds. The van der Waals surface area contributed by atoms with Crippen LogP contribution in [0.15, 0.2) is 12.7 Å². The molecular formula is C13H24N2O2. The molecule has 2 atom stereocenters. The van der Waals surface area contributed by atoms with Crippen LogP contribution in [0.25, 0.3) is 0 Å². The second kappa shape index (κ2) is 5.96. The predicted octanol–water partition coefficient (Wildman–Crippen LogP) is 0.378. The van der Waals surface area contributed by atoms with Crippen molar-refractivity contribution in [3.8, 4) is 0 Å². The molecule has 0 radical (unpaired) electrons. The van der Waals surface area contributed by atoms with E-state index in [2.05, 4.69) is 22.9 Å². The van der Waals surface area contributed by atoms with Gasteiger partial charge in [-0.25, -0.2) is 0 Å². The Morgan fingerprint density at radius 2 is 2.41 bits per heavy atom. The van der Waals surface area contributed by atoms with E-state index in [4.69, 9.17) is 9.84 Å². The van der Waals surface area contributed by atoms with Gasteiger partial charge in [0.25, 0.3) is 0 Å². The van der Waals surface area contributed by atoms with Gasteiger partial charge in [-0.2, -0.15) is 0 Å². The van der Waals surface area contributed by atoms with E-state index in [9.17, 15) is 0 Å². The third-order valence-corrected chi connectivity index (χ3v) is 3.97. The molecule has 17 heavy (non-hydrogen) atoms. The molecule has 0 bridgehead atoms. The molecule has 4 heteroatoms. The van der Waals surface area contributed by atoms with Crippen molar-refractivity contribution in [3.05, 3.63) is 12.7 Å². The minimum absolute atomic E-state index is 0.191. The van der Waals surface area contributed by atoms with E-state index in [1.807, 2.05) is 0 Å². The molecule has 0 aromatic carbocycles. The van der Waals surface area contributed by atoms with E-state index in [-0.39, 0.29) is 12.1 Å². The first kappa shape index (κ1) is 13.0. The van der Waals surface area contributed by atoms with Crippen molar-refractivity contribution in [2.75, 3.05) is 39.4 Å². The molecule has 0 spiro atoms. The van der Waals surface area contributed by atoms with Gasteiger partial charge in [0.15, 0.2) is 0 Å². The molecule has 2 fully saturated rings. The van der Waals surface area contributed by atoms with E-state index in [1.54, 1.807) is 0 Å². The van der Waals surface area contributed by atoms with Gasteiger partial charge in [-0.05, 0) is 25.8 Å². The van der Waals surface area contributed by atoms with Crippen LogP contribution in [0.3, 0.4) is 0 Å². The maximum atomic E-state index is 8.63. The number of aliphatic hydroxyl groups excluding tert-OH is 1. The van der Waals surface area contributed by atoms with Gasteiger partial charge in [0.2, 0.25) is 0 Å². The number of fused-ring (bicyclic) bond motifs is 1. The van der Waals surface area contributed by atoms with Crippen LogP contribution in [-0.4, -0.2) is 61.0 Å². The Hall–Kier alpha value is -0.420. The number of aliphatic hydroxyl groups is 1. The summed E-state index contributed by atoms with van der Waals surface area (Å²) < 4.78 is 5.88. The molecule has 0 aliphatic carbocycles. The molecule has 2 N–H and O–H groups in total. The Balaban J connectivity index is 1.69. The zero-order valence-corrected chi connectivity index (χ0v) is 10.5. The summed E-state index contributed by atoms with van der Waals surface area (Å²) >= 11 is 0. The minimum atomic E-state index is 0.191. The Morgan fingerprint density at radius 1 is 1.53 bits per heavy atom. The Morgan fingerprint density at radius 3 is 3.12 bits per heavy atom. The van der Waals surface area contributed by atoms with Crippen LogP contribution in [0.5, 0.6) is 0 Å². The van der Waals surface area contributed by atoms with Gasteiger partial charge in [-0.3, -0.25) is 4.90 Å². The van der Waals surface area contributed by atoms with Crippen LogP contribution in [0.2, 0.25) is 0 Å². The van der Waals surface area contributed by atoms with Crippen LogP contribution in [0, 0.1) is 0 Å². The fourth-order valence-electron chi connectivity index (χ4n) is 3.09. The van der Waals surface area contributed by atoms with E-state index in [1.165, 1.54) is 19.4 Å². The van der Waals surface area contributed by atoms with Crippen molar-refractivity contribution in [2.24, 2.45) is 0 Å². The van der Waals surface area contributed by atoms with Gasteiger partial charge >= 0.3 is 0 Å². The maximum Gasteiger partial charge on any atom is 0.0723 e. The highest BCUT2D eigenvalue weighted by molar-refractivity contribution is 5.13. The largest absolute Gasteiger partial charge is 0.395 e. The summed E-state index contributed by atoms with van der Waals surface area (Å²) in [4.78, 5) is 2.52. The zero-order valence-electron chi connectivity index (χ0n) is 10.5. The average molecular weight is 240 g/mol. The first-order valence-electron chi connectivity index (χ1n) is 6.62. The smallest absolute Gasteiger partial charge is 0.0723 e. The monoisotopic (exact) mass is 240 g/mol. The quantitative estimate of drug-likeness (QED) is 0.499. The van der Waals surface area contributed by atoms with Gasteiger partial charge in [-0.1, -0.05) is 6.08 Å². The average Bonchev–Trinajstić information content (AvgIpc) is 2.85. The Bertz CT molecular complexity index is 260. The van der Waals surface area contributed by atoms with Crippen LogP contribution >= 0.6 is 0 Å². The van der Waals surface area contributed by atoms with Gasteiger partial charge in [0.1, 0.15) is 0 Å². The SMILES string of the molecule is C=CC12CCCN1CC(OCCNCCO)C2. The minimum Gasteiger partial charge on any atom is -0.395 e. The number of ether oxygens (including phenoxy) is 1. The fraction of sp³-hybridized carbons (Fsp3) is 0.846. The van der Waals surface area contributed by atoms with Gasteiger partial charge in [0, 0.05) is 25.2 Å². The summed E-state index contributed by atoms with van der Waals surface area (Å²) in [5, 5.41) is 11.8. The summed E-state index contributed by atoms with van der Waals surface area (Å²) in [5.41, 5.74) is 0.225. The zero-order chi connectivity index (χ0) is 12.1. The van der Waals surface area contributed by atoms with Gasteiger partial charge in [0.05, 0.1) is 19.3 Å². The van der Waals surface area contributed by atoms with Crippen molar-refractivity contribution >= 4 is 0 Å². The lowest BCUT2D eigenvalue weighted by atomic mass is 9.94. The summed E-state index contributed by atoms with van der Waals surface area (Å²) in [7, 11) is 0. The molecule has 0 aromatic heterocycles. The highest BCUT2D eigenvalue weighted by Crippen LogP contribution is 2.40. The molecule has 2 aliphatic rings. The van der Waals surface area contributed by atoms with Crippen molar-refractivity contribution in [1.29, 1.82) is 0 Å². The molecule has 4 nitrogen and oxygen atoms in total. The molecule has 2 saturated heterocycles. The molecular weight excluding hydrogens is 216 g/mol. The summed E-state index contributed by atoms with van der Waals surface area (Å²) in [6, 6.07) is 0. The van der Waals surface area contributed by atoms with Crippen molar-refractivity contribution in [3.63, 3.8) is 0 Å². The highest BCUT2D eigenvalue weighted by Gasteiger charge is 2.46.